The summed E-state index contributed by atoms with van der Waals surface area (Å²) in [5.41, 5.74) is 1.54. The molecule has 0 fully saturated rings. The van der Waals surface area contributed by atoms with Gasteiger partial charge in [0.2, 0.25) is 33.4 Å². The molecular formula is C68H85N9O13S. The smallest absolute Gasteiger partial charge is 0.407 e. The van der Waals surface area contributed by atoms with Crippen LogP contribution in [0.3, 0.4) is 0 Å². The van der Waals surface area contributed by atoms with Gasteiger partial charge in [-0.15, -0.1) is 0 Å². The van der Waals surface area contributed by atoms with Crippen LogP contribution in [0.5, 0.6) is 0 Å². The number of esters is 1. The summed E-state index contributed by atoms with van der Waals surface area (Å²) < 4.78 is 59.7. The summed E-state index contributed by atoms with van der Waals surface area (Å²) in [5.74, 6) is -4.01. The van der Waals surface area contributed by atoms with Crippen molar-refractivity contribution in [1.29, 1.82) is 0 Å². The van der Waals surface area contributed by atoms with Crippen molar-refractivity contribution in [2.45, 2.75) is 115 Å². The maximum absolute atomic E-state index is 14.8. The number of Topliss-reactive ketones (excluding diaryl/α,β-unsaturated/α-hetero) is 1. The molecule has 0 aliphatic carbocycles. The van der Waals surface area contributed by atoms with E-state index in [1.54, 1.807) is 71.1 Å². The van der Waals surface area contributed by atoms with E-state index in [1.807, 2.05) is 67.7 Å². The van der Waals surface area contributed by atoms with Crippen molar-refractivity contribution in [2.75, 3.05) is 71.7 Å². The third kappa shape index (κ3) is 19.2. The molecule has 4 amide bonds. The Morgan fingerprint density at radius 3 is 1.69 bits per heavy atom. The molecule has 7 rings (SSSR count). The molecule has 22 nitrogen and oxygen atoms in total. The molecule has 6 N–H and O–H groups in total. The van der Waals surface area contributed by atoms with E-state index in [0.717, 1.165) is 36.3 Å². The van der Waals surface area contributed by atoms with Crippen molar-refractivity contribution in [3.8, 4) is 0 Å². The minimum absolute atomic E-state index is 0.00624. The van der Waals surface area contributed by atoms with E-state index in [0.29, 0.717) is 88.2 Å². The second kappa shape index (κ2) is 32.9. The molecule has 486 valence electrons. The third-order valence-corrected chi connectivity index (χ3v) is 16.7. The number of ether oxygens (including phenoxy) is 5. The number of benzene rings is 5. The summed E-state index contributed by atoms with van der Waals surface area (Å²) in [6, 6.07) is 38.9. The van der Waals surface area contributed by atoms with Crippen LogP contribution >= 0.6 is 0 Å². The Hall–Kier alpha value is -8.61. The summed E-state index contributed by atoms with van der Waals surface area (Å²) in [5, 5.41) is 14.3. The van der Waals surface area contributed by atoms with Gasteiger partial charge in [0.15, 0.2) is 5.78 Å². The number of rotatable bonds is 34. The fourth-order valence-electron chi connectivity index (χ4n) is 10.9. The number of nitrogens with one attached hydrogen (secondary N) is 6. The highest BCUT2D eigenvalue weighted by molar-refractivity contribution is 7.89. The average molecular weight is 1270 g/mol. The molecule has 2 heterocycles. The highest BCUT2D eigenvalue weighted by Gasteiger charge is 2.45. The summed E-state index contributed by atoms with van der Waals surface area (Å²) in [6.45, 7) is 15.1. The van der Waals surface area contributed by atoms with E-state index in [-0.39, 0.29) is 66.5 Å². The van der Waals surface area contributed by atoms with Crippen LogP contribution in [0.2, 0.25) is 0 Å². The Balaban J connectivity index is 0.977. The molecule has 91 heavy (non-hydrogen) atoms. The fraction of sp³-hybridized carbons (Fsp3) is 0.412. The molecule has 2 atom stereocenters. The van der Waals surface area contributed by atoms with Crippen LogP contribution in [0.25, 0.3) is 0 Å². The van der Waals surface area contributed by atoms with Crippen LogP contribution in [0, 0.1) is 26.7 Å². The Labute approximate surface area is 533 Å². The lowest BCUT2D eigenvalue weighted by atomic mass is 9.76. The Morgan fingerprint density at radius 1 is 0.648 bits per heavy atom. The number of carbonyl (C=O) groups excluding carboxylic acids is 6. The number of sulfonamides is 1. The number of ketones is 1. The summed E-state index contributed by atoms with van der Waals surface area (Å²) in [7, 11) is -3.47. The van der Waals surface area contributed by atoms with Crippen molar-refractivity contribution in [3.63, 3.8) is 0 Å². The van der Waals surface area contributed by atoms with Crippen LogP contribution in [0.1, 0.15) is 116 Å². The first-order valence-corrected chi connectivity index (χ1v) is 32.0. The predicted octanol–water partition coefficient (Wildman–Crippen LogP) is 8.28. The molecule has 1 aliphatic heterocycles. The molecular weight excluding hydrogens is 1180 g/mol. The summed E-state index contributed by atoms with van der Waals surface area (Å²) in [4.78, 5) is 90.1. The van der Waals surface area contributed by atoms with Gasteiger partial charge in [0.1, 0.15) is 16.9 Å². The van der Waals surface area contributed by atoms with Crippen molar-refractivity contribution in [2.24, 2.45) is 10.9 Å². The number of aliphatic imine (C=N–C) groups is 1. The number of anilines is 1. The number of aryl methyl sites for hydroxylation is 3. The van der Waals surface area contributed by atoms with Crippen LogP contribution in [0.15, 0.2) is 144 Å². The maximum Gasteiger partial charge on any atom is 0.407 e. The van der Waals surface area contributed by atoms with Gasteiger partial charge in [0, 0.05) is 70.2 Å². The Morgan fingerprint density at radius 2 is 1.16 bits per heavy atom. The first-order chi connectivity index (χ1) is 43.6. The van der Waals surface area contributed by atoms with E-state index < -0.39 is 62.4 Å². The van der Waals surface area contributed by atoms with Crippen LogP contribution in [-0.2, 0) is 65.0 Å². The lowest BCUT2D eigenvalue weighted by Crippen LogP contribution is -2.65. The zero-order chi connectivity index (χ0) is 65.6. The van der Waals surface area contributed by atoms with Crippen LogP contribution < -0.4 is 31.3 Å². The highest BCUT2D eigenvalue weighted by Crippen LogP contribution is 2.43. The molecule has 1 aliphatic rings. The zero-order valence-electron chi connectivity index (χ0n) is 53.1. The number of fused-ring (bicyclic) bond motifs is 1. The minimum atomic E-state index is -4.52. The number of hydrogen-bond acceptors (Lipinski definition) is 16. The van der Waals surface area contributed by atoms with Crippen molar-refractivity contribution in [1.82, 2.24) is 35.5 Å². The van der Waals surface area contributed by atoms with E-state index in [9.17, 15) is 37.2 Å². The molecule has 6 aromatic rings. The van der Waals surface area contributed by atoms with Gasteiger partial charge in [-0.05, 0) is 120 Å². The van der Waals surface area contributed by atoms with Crippen LogP contribution in [-0.4, -0.2) is 137 Å². The van der Waals surface area contributed by atoms with Gasteiger partial charge in [-0.3, -0.25) is 23.7 Å². The standard InChI is InChI=1S/C68H85N9O13S/c1-47-43-48(2)61(49(3)44-47)91(84,85)76-67(7,63(82)86-8)75-62(81)59-55(27-18-32-69-57(78)30-31-58(79)70-33-19-37-87-39-41-89-42-40-88-38-20-34-72-65(83)90-66(4,5)6)60(80)54-29-28-50(45-56(54)74-59)46-73-64-71-35-36-77(64)68(51-21-12-9-13-22-51,52-23-14-10-15-24-52)53-25-16-11-17-26-53/h9-17,21-26,28-29,35-36,43-45,55,76H,18-20,27,30-34,37-42,46H2,1-8H3,(H,69,78)(H,70,79)(H,71,73)(H,72,83)(H,75,81). The first kappa shape index (κ1) is 69.9. The fourth-order valence-corrected chi connectivity index (χ4v) is 12.6. The van der Waals surface area contributed by atoms with E-state index in [4.69, 9.17) is 33.7 Å². The lowest BCUT2D eigenvalue weighted by molar-refractivity contribution is -0.150. The van der Waals surface area contributed by atoms with Gasteiger partial charge in [0.05, 0.1) is 50.0 Å². The highest BCUT2D eigenvalue weighted by atomic mass is 32.2. The van der Waals surface area contributed by atoms with Crippen LogP contribution in [0.4, 0.5) is 16.4 Å². The number of amides is 4. The van der Waals surface area contributed by atoms with E-state index in [2.05, 4.69) is 72.3 Å². The molecule has 0 radical (unpaired) electrons. The number of methoxy groups -OCH3 is 1. The van der Waals surface area contributed by atoms with Gasteiger partial charge in [-0.1, -0.05) is 115 Å². The van der Waals surface area contributed by atoms with Gasteiger partial charge in [0.25, 0.3) is 5.91 Å². The number of imidazole rings is 1. The molecule has 23 heteroatoms. The molecule has 0 spiro atoms. The maximum atomic E-state index is 14.8. The van der Waals surface area contributed by atoms with Gasteiger partial charge < -0.3 is 50.3 Å². The largest absolute Gasteiger partial charge is 0.466 e. The number of carbonyl (C=O) groups is 6. The topological polar surface area (TPSA) is 285 Å². The summed E-state index contributed by atoms with van der Waals surface area (Å²) in [6.07, 6.45) is 4.39. The summed E-state index contributed by atoms with van der Waals surface area (Å²) >= 11 is 0. The minimum Gasteiger partial charge on any atom is -0.466 e. The van der Waals surface area contributed by atoms with Crippen molar-refractivity contribution >= 4 is 62.9 Å². The second-order valence-electron chi connectivity index (χ2n) is 23.3. The van der Waals surface area contributed by atoms with Gasteiger partial charge in [-0.2, -0.15) is 4.72 Å². The molecule has 1 aromatic heterocycles. The van der Waals surface area contributed by atoms with E-state index >= 15 is 0 Å². The molecule has 5 aromatic carbocycles. The number of nitrogens with zero attached hydrogens (tertiary/aromatic N) is 3. The number of aromatic nitrogens is 2. The van der Waals surface area contributed by atoms with Gasteiger partial charge >= 0.3 is 12.1 Å². The Kier molecular flexibility index (Phi) is 25.3. The molecule has 0 saturated heterocycles. The average Bonchev–Trinajstić information content (AvgIpc) is 1.73. The molecule has 0 saturated carbocycles. The van der Waals surface area contributed by atoms with Gasteiger partial charge in [-0.25, -0.2) is 28.0 Å². The molecule has 2 unspecified atom stereocenters. The monoisotopic (exact) mass is 1270 g/mol. The second-order valence-corrected chi connectivity index (χ2v) is 24.9. The van der Waals surface area contributed by atoms with Crippen molar-refractivity contribution < 1.29 is 60.9 Å². The lowest BCUT2D eigenvalue weighted by Gasteiger charge is -2.38. The number of alkyl carbamates (subject to hydrolysis) is 1. The van der Waals surface area contributed by atoms with E-state index in [1.165, 1.54) is 0 Å². The third-order valence-electron chi connectivity index (χ3n) is 14.9. The normalized spacial score (nSPS) is 13.9. The first-order valence-electron chi connectivity index (χ1n) is 30.5. The SMILES string of the molecule is COC(=O)C(C)(NC(=O)C1=Nc2cc(CNc3nccn3C(c3ccccc3)(c3ccccc3)c3ccccc3)ccc2C(=O)C1CCCNC(=O)CCC(=O)NCCCOCCOCCOCCCNC(=O)OC(C)(C)C)NS(=O)(=O)c1c(C)cc(C)cc1C. The van der Waals surface area contributed by atoms with Crippen molar-refractivity contribution in [3.05, 3.63) is 178 Å². The predicted molar refractivity (Wildman–Crippen MR) is 345 cm³/mol. The molecule has 0 bridgehead atoms. The number of hydrogen-bond donors (Lipinski definition) is 6. The zero-order valence-corrected chi connectivity index (χ0v) is 54.0. The quantitative estimate of drug-likeness (QED) is 0.00959. The Bertz CT molecular complexity index is 3480.